The molecule has 0 aliphatic rings. The molecule has 0 amide bonds. The summed E-state index contributed by atoms with van der Waals surface area (Å²) in [5, 5.41) is 2.86. The van der Waals surface area contributed by atoms with Crippen molar-refractivity contribution in [3.63, 3.8) is 0 Å². The van der Waals surface area contributed by atoms with Gasteiger partial charge in [-0.25, -0.2) is 4.98 Å². The first-order chi connectivity index (χ1) is 7.77. The number of nitrogens with one attached hydrogen (secondary N) is 1. The molecule has 0 fully saturated rings. The average molecular weight is 224 g/mol. The number of methoxy groups -OCH3 is 1. The number of hydrogen-bond donors (Lipinski definition) is 1. The van der Waals surface area contributed by atoms with Gasteiger partial charge in [0, 0.05) is 6.20 Å². The van der Waals surface area contributed by atoms with Crippen LogP contribution >= 0.6 is 0 Å². The largest absolute Gasteiger partial charge is 0.490 e. The summed E-state index contributed by atoms with van der Waals surface area (Å²) in [6.07, 6.45) is 2.56. The maximum Gasteiger partial charge on any atom is 0.325 e. The van der Waals surface area contributed by atoms with E-state index in [1.54, 1.807) is 12.3 Å². The fraction of sp³-hybridized carbons (Fsp3) is 0.455. The first kappa shape index (κ1) is 12.3. The highest BCUT2D eigenvalue weighted by molar-refractivity contribution is 5.75. The number of hydrogen-bond acceptors (Lipinski definition) is 5. The maximum atomic E-state index is 11.0. The third-order valence-electron chi connectivity index (χ3n) is 1.86. The standard InChI is InChI=1S/C11H16N2O3/c1-3-7-16-9-5-4-6-12-11(9)13-8-10(14)15-2/h4-6H,3,7-8H2,1-2H3,(H,12,13). The van der Waals surface area contributed by atoms with Gasteiger partial charge < -0.3 is 14.8 Å². The molecule has 0 radical (unpaired) electrons. The predicted octanol–water partition coefficient (Wildman–Crippen LogP) is 1.46. The summed E-state index contributed by atoms with van der Waals surface area (Å²) in [5.41, 5.74) is 0. The Balaban J connectivity index is 2.59. The van der Waals surface area contributed by atoms with E-state index in [2.05, 4.69) is 15.0 Å². The molecule has 0 unspecified atom stereocenters. The second kappa shape index (κ2) is 6.66. The summed E-state index contributed by atoms with van der Waals surface area (Å²) in [5.74, 6) is 0.863. The molecule has 0 spiro atoms. The third kappa shape index (κ3) is 3.76. The zero-order chi connectivity index (χ0) is 11.8. The highest BCUT2D eigenvalue weighted by atomic mass is 16.5. The molecule has 0 saturated heterocycles. The molecule has 16 heavy (non-hydrogen) atoms. The van der Waals surface area contributed by atoms with Crippen LogP contribution in [0, 0.1) is 0 Å². The van der Waals surface area contributed by atoms with Gasteiger partial charge in [-0.1, -0.05) is 6.92 Å². The highest BCUT2D eigenvalue weighted by Gasteiger charge is 2.06. The lowest BCUT2D eigenvalue weighted by Crippen LogP contribution is -2.16. The van der Waals surface area contributed by atoms with E-state index in [4.69, 9.17) is 4.74 Å². The lowest BCUT2D eigenvalue weighted by Gasteiger charge is -2.10. The predicted molar refractivity (Wildman–Crippen MR) is 60.5 cm³/mol. The number of esters is 1. The molecule has 1 aromatic heterocycles. The van der Waals surface area contributed by atoms with Crippen LogP contribution in [0.1, 0.15) is 13.3 Å². The van der Waals surface area contributed by atoms with Gasteiger partial charge in [-0.2, -0.15) is 0 Å². The number of pyridine rings is 1. The number of anilines is 1. The number of aromatic nitrogens is 1. The molecule has 5 nitrogen and oxygen atoms in total. The van der Waals surface area contributed by atoms with E-state index in [0.29, 0.717) is 18.2 Å². The first-order valence-corrected chi connectivity index (χ1v) is 5.16. The van der Waals surface area contributed by atoms with Crippen LogP contribution in [0.2, 0.25) is 0 Å². The molecule has 0 bridgehead atoms. The van der Waals surface area contributed by atoms with Crippen LogP contribution < -0.4 is 10.1 Å². The van der Waals surface area contributed by atoms with Crippen molar-refractivity contribution < 1.29 is 14.3 Å². The third-order valence-corrected chi connectivity index (χ3v) is 1.86. The number of carbonyl (C=O) groups excluding carboxylic acids is 1. The Labute approximate surface area is 94.8 Å². The normalized spacial score (nSPS) is 9.62. The molecule has 88 valence electrons. The Morgan fingerprint density at radius 1 is 1.56 bits per heavy atom. The minimum atomic E-state index is -0.341. The van der Waals surface area contributed by atoms with E-state index in [9.17, 15) is 4.79 Å². The molecule has 0 aromatic carbocycles. The van der Waals surface area contributed by atoms with Gasteiger partial charge in [0.2, 0.25) is 0 Å². The van der Waals surface area contributed by atoms with Crippen molar-refractivity contribution in [1.29, 1.82) is 0 Å². The van der Waals surface area contributed by atoms with Gasteiger partial charge in [-0.05, 0) is 18.6 Å². The number of ether oxygens (including phenoxy) is 2. The van der Waals surface area contributed by atoms with Crippen molar-refractivity contribution >= 4 is 11.8 Å². The number of nitrogens with zero attached hydrogens (tertiary/aromatic N) is 1. The summed E-state index contributed by atoms with van der Waals surface area (Å²) in [6, 6.07) is 3.59. The summed E-state index contributed by atoms with van der Waals surface area (Å²) in [6.45, 7) is 2.73. The van der Waals surface area contributed by atoms with E-state index >= 15 is 0 Å². The lowest BCUT2D eigenvalue weighted by molar-refractivity contribution is -0.138. The van der Waals surface area contributed by atoms with Gasteiger partial charge >= 0.3 is 5.97 Å². The van der Waals surface area contributed by atoms with Crippen LogP contribution in [0.25, 0.3) is 0 Å². The Hall–Kier alpha value is -1.78. The molecule has 0 atom stereocenters. The minimum Gasteiger partial charge on any atom is -0.490 e. The van der Waals surface area contributed by atoms with Crippen LogP contribution in [-0.4, -0.2) is 31.2 Å². The summed E-state index contributed by atoms with van der Waals surface area (Å²) < 4.78 is 10.00. The van der Waals surface area contributed by atoms with Crippen molar-refractivity contribution in [3.05, 3.63) is 18.3 Å². The highest BCUT2D eigenvalue weighted by Crippen LogP contribution is 2.20. The van der Waals surface area contributed by atoms with Crippen molar-refractivity contribution in [2.75, 3.05) is 25.6 Å². The van der Waals surface area contributed by atoms with E-state index in [0.717, 1.165) is 6.42 Å². The quantitative estimate of drug-likeness (QED) is 0.741. The molecular formula is C11H16N2O3. The topological polar surface area (TPSA) is 60.5 Å². The van der Waals surface area contributed by atoms with E-state index in [-0.39, 0.29) is 12.5 Å². The second-order valence-electron chi connectivity index (χ2n) is 3.13. The van der Waals surface area contributed by atoms with Crippen LogP contribution in [-0.2, 0) is 9.53 Å². The smallest absolute Gasteiger partial charge is 0.325 e. The van der Waals surface area contributed by atoms with Crippen molar-refractivity contribution in [3.8, 4) is 5.75 Å². The van der Waals surface area contributed by atoms with Crippen LogP contribution in [0.5, 0.6) is 5.75 Å². The Morgan fingerprint density at radius 2 is 2.38 bits per heavy atom. The van der Waals surface area contributed by atoms with Crippen molar-refractivity contribution in [1.82, 2.24) is 4.98 Å². The molecule has 1 N–H and O–H groups in total. The fourth-order valence-corrected chi connectivity index (χ4v) is 1.08. The second-order valence-corrected chi connectivity index (χ2v) is 3.13. The van der Waals surface area contributed by atoms with Gasteiger partial charge in [0.15, 0.2) is 11.6 Å². The Kier molecular flexibility index (Phi) is 5.11. The monoisotopic (exact) mass is 224 g/mol. The molecule has 1 rings (SSSR count). The summed E-state index contributed by atoms with van der Waals surface area (Å²) in [4.78, 5) is 15.1. The maximum absolute atomic E-state index is 11.0. The molecule has 0 aliphatic carbocycles. The van der Waals surface area contributed by atoms with E-state index in [1.165, 1.54) is 7.11 Å². The SMILES string of the molecule is CCCOc1cccnc1NCC(=O)OC. The van der Waals surface area contributed by atoms with Crippen molar-refractivity contribution in [2.45, 2.75) is 13.3 Å². The van der Waals surface area contributed by atoms with Gasteiger partial charge in [-0.3, -0.25) is 4.79 Å². The fourth-order valence-electron chi connectivity index (χ4n) is 1.08. The van der Waals surface area contributed by atoms with Crippen LogP contribution in [0.15, 0.2) is 18.3 Å². The summed E-state index contributed by atoms with van der Waals surface area (Å²) >= 11 is 0. The molecule has 0 saturated carbocycles. The van der Waals surface area contributed by atoms with Gasteiger partial charge in [0.1, 0.15) is 6.54 Å². The number of rotatable bonds is 6. The molecule has 1 aromatic rings. The van der Waals surface area contributed by atoms with E-state index in [1.807, 2.05) is 13.0 Å². The molecular weight excluding hydrogens is 208 g/mol. The molecule has 5 heteroatoms. The van der Waals surface area contributed by atoms with Crippen molar-refractivity contribution in [2.24, 2.45) is 0 Å². The zero-order valence-corrected chi connectivity index (χ0v) is 9.53. The lowest BCUT2D eigenvalue weighted by atomic mass is 10.4. The van der Waals surface area contributed by atoms with Gasteiger partial charge in [0.05, 0.1) is 13.7 Å². The number of carbonyl (C=O) groups is 1. The van der Waals surface area contributed by atoms with Crippen LogP contribution in [0.3, 0.4) is 0 Å². The summed E-state index contributed by atoms with van der Waals surface area (Å²) in [7, 11) is 1.34. The average Bonchev–Trinajstić information content (AvgIpc) is 2.34. The first-order valence-electron chi connectivity index (χ1n) is 5.16. The zero-order valence-electron chi connectivity index (χ0n) is 9.53. The Bertz CT molecular complexity index is 342. The van der Waals surface area contributed by atoms with E-state index < -0.39 is 0 Å². The Morgan fingerprint density at radius 3 is 3.06 bits per heavy atom. The van der Waals surface area contributed by atoms with Crippen LogP contribution in [0.4, 0.5) is 5.82 Å². The van der Waals surface area contributed by atoms with Gasteiger partial charge in [0.25, 0.3) is 0 Å². The molecule has 0 aliphatic heterocycles. The van der Waals surface area contributed by atoms with Gasteiger partial charge in [-0.15, -0.1) is 0 Å². The minimum absolute atomic E-state index is 0.0794. The molecule has 1 heterocycles.